The zero-order chi connectivity index (χ0) is 17.6. The lowest BCUT2D eigenvalue weighted by Gasteiger charge is -2.27. The zero-order valence-corrected chi connectivity index (χ0v) is 14.6. The van der Waals surface area contributed by atoms with E-state index in [0.29, 0.717) is 11.5 Å². The van der Waals surface area contributed by atoms with E-state index in [1.165, 1.54) is 0 Å². The number of rotatable bonds is 8. The van der Waals surface area contributed by atoms with Gasteiger partial charge in [0.15, 0.2) is 0 Å². The Morgan fingerprint density at radius 1 is 1.33 bits per heavy atom. The fourth-order valence-electron chi connectivity index (χ4n) is 2.36. The molecular formula is C16H25N7O. The number of nitrogens with one attached hydrogen (secondary N) is 3. The summed E-state index contributed by atoms with van der Waals surface area (Å²) >= 11 is 0. The van der Waals surface area contributed by atoms with Crippen molar-refractivity contribution in [2.24, 2.45) is 0 Å². The highest BCUT2D eigenvalue weighted by molar-refractivity contribution is 5.95. The Balaban J connectivity index is 1.96. The molecule has 1 heterocycles. The molecule has 0 aliphatic heterocycles. The van der Waals surface area contributed by atoms with Gasteiger partial charge in [0.25, 0.3) is 11.9 Å². The quantitative estimate of drug-likeness (QED) is 0.682. The molecule has 8 heteroatoms. The van der Waals surface area contributed by atoms with Crippen molar-refractivity contribution in [2.45, 2.75) is 32.2 Å². The number of amides is 1. The van der Waals surface area contributed by atoms with Crippen molar-refractivity contribution in [2.75, 3.05) is 26.0 Å². The fourth-order valence-corrected chi connectivity index (χ4v) is 2.36. The van der Waals surface area contributed by atoms with E-state index in [9.17, 15) is 4.79 Å². The minimum absolute atomic E-state index is 0.0957. The predicted octanol–water partition coefficient (Wildman–Crippen LogP) is 1.79. The zero-order valence-electron chi connectivity index (χ0n) is 14.6. The van der Waals surface area contributed by atoms with Crippen molar-refractivity contribution < 1.29 is 4.79 Å². The van der Waals surface area contributed by atoms with Gasteiger partial charge in [0.2, 0.25) is 0 Å². The molecule has 2 rings (SSSR count). The highest BCUT2D eigenvalue weighted by Crippen LogP contribution is 2.16. The molecule has 0 saturated carbocycles. The van der Waals surface area contributed by atoms with Gasteiger partial charge in [-0.3, -0.25) is 4.79 Å². The van der Waals surface area contributed by atoms with Gasteiger partial charge in [-0.25, -0.2) is 0 Å². The van der Waals surface area contributed by atoms with Gasteiger partial charge in [-0.15, -0.1) is 5.10 Å². The summed E-state index contributed by atoms with van der Waals surface area (Å²) in [7, 11) is 4.10. The topological polar surface area (TPSA) is 98.8 Å². The van der Waals surface area contributed by atoms with Gasteiger partial charge in [-0.1, -0.05) is 11.2 Å². The van der Waals surface area contributed by atoms with E-state index in [-0.39, 0.29) is 11.4 Å². The van der Waals surface area contributed by atoms with Crippen LogP contribution in [0, 0.1) is 0 Å². The number of tetrazole rings is 1. The monoisotopic (exact) mass is 331 g/mol. The lowest BCUT2D eigenvalue weighted by molar-refractivity contribution is 0.0907. The number of H-pyrrole nitrogens is 1. The Morgan fingerprint density at radius 2 is 2.12 bits per heavy atom. The molecule has 2 aromatic rings. The Labute approximate surface area is 142 Å². The molecule has 0 bridgehead atoms. The molecule has 3 N–H and O–H groups in total. The maximum atomic E-state index is 12.5. The number of carbonyl (C=O) groups excluding carboxylic acids is 1. The number of anilines is 2. The minimum Gasteiger partial charge on any atom is -0.347 e. The molecule has 1 aromatic carbocycles. The van der Waals surface area contributed by atoms with Crippen LogP contribution in [0.4, 0.5) is 11.6 Å². The van der Waals surface area contributed by atoms with Crippen molar-refractivity contribution in [1.82, 2.24) is 30.8 Å². The first-order valence-corrected chi connectivity index (χ1v) is 7.93. The molecule has 0 atom stereocenters. The van der Waals surface area contributed by atoms with Crippen LogP contribution in [0.2, 0.25) is 0 Å². The van der Waals surface area contributed by atoms with Crippen LogP contribution in [0.5, 0.6) is 0 Å². The van der Waals surface area contributed by atoms with Crippen LogP contribution in [0.15, 0.2) is 24.3 Å². The number of nitrogens with zero attached hydrogens (tertiary/aromatic N) is 4. The lowest BCUT2D eigenvalue weighted by atomic mass is 9.97. The first-order chi connectivity index (χ1) is 11.4. The van der Waals surface area contributed by atoms with E-state index in [0.717, 1.165) is 25.1 Å². The number of hydrogen-bond donors (Lipinski definition) is 3. The number of aromatic amines is 1. The highest BCUT2D eigenvalue weighted by Gasteiger charge is 2.21. The largest absolute Gasteiger partial charge is 0.347 e. The van der Waals surface area contributed by atoms with Crippen molar-refractivity contribution in [1.29, 1.82) is 0 Å². The van der Waals surface area contributed by atoms with E-state index < -0.39 is 0 Å². The van der Waals surface area contributed by atoms with E-state index in [4.69, 9.17) is 0 Å². The molecule has 0 fully saturated rings. The first kappa shape index (κ1) is 17.9. The van der Waals surface area contributed by atoms with Gasteiger partial charge in [-0.05, 0) is 70.7 Å². The molecule has 1 aromatic heterocycles. The molecule has 0 spiro atoms. The number of benzene rings is 1. The van der Waals surface area contributed by atoms with Gasteiger partial charge in [-0.2, -0.15) is 5.21 Å². The molecule has 24 heavy (non-hydrogen) atoms. The fraction of sp³-hybridized carbons (Fsp3) is 0.500. The van der Waals surface area contributed by atoms with Crippen LogP contribution < -0.4 is 10.6 Å². The van der Waals surface area contributed by atoms with Crippen LogP contribution in [-0.4, -0.2) is 57.6 Å². The normalized spacial score (nSPS) is 11.5. The molecule has 0 aliphatic carbocycles. The summed E-state index contributed by atoms with van der Waals surface area (Å²) in [5.41, 5.74) is 1.06. The number of aromatic nitrogens is 4. The van der Waals surface area contributed by atoms with Crippen LogP contribution in [0.25, 0.3) is 0 Å². The Bertz CT molecular complexity index is 652. The second-order valence-electron chi connectivity index (χ2n) is 6.69. The molecule has 8 nitrogen and oxygen atoms in total. The maximum absolute atomic E-state index is 12.5. The second kappa shape index (κ2) is 7.87. The first-order valence-electron chi connectivity index (χ1n) is 7.93. The second-order valence-corrected chi connectivity index (χ2v) is 6.69. The Kier molecular flexibility index (Phi) is 5.86. The Hall–Kier alpha value is -2.48. The summed E-state index contributed by atoms with van der Waals surface area (Å²) in [4.78, 5) is 14.7. The van der Waals surface area contributed by atoms with Crippen molar-refractivity contribution >= 4 is 17.5 Å². The van der Waals surface area contributed by atoms with Gasteiger partial charge in [0, 0.05) is 16.8 Å². The number of carbonyl (C=O) groups is 1. The molecule has 0 radical (unpaired) electrons. The van der Waals surface area contributed by atoms with Crippen molar-refractivity contribution in [3.8, 4) is 0 Å². The van der Waals surface area contributed by atoms with E-state index in [1.807, 2.05) is 40.1 Å². The third-order valence-corrected chi connectivity index (χ3v) is 3.59. The highest BCUT2D eigenvalue weighted by atomic mass is 16.1. The Morgan fingerprint density at radius 3 is 2.79 bits per heavy atom. The summed E-state index contributed by atoms with van der Waals surface area (Å²) in [5, 5.41) is 19.6. The molecule has 1 amide bonds. The van der Waals surface area contributed by atoms with Crippen LogP contribution in [-0.2, 0) is 0 Å². The average Bonchev–Trinajstić information content (AvgIpc) is 2.99. The third kappa shape index (κ3) is 5.62. The van der Waals surface area contributed by atoms with Crippen LogP contribution in [0.3, 0.4) is 0 Å². The number of hydrogen-bond acceptors (Lipinski definition) is 6. The van der Waals surface area contributed by atoms with E-state index >= 15 is 0 Å². The summed E-state index contributed by atoms with van der Waals surface area (Å²) in [6.07, 6.45) is 1.94. The van der Waals surface area contributed by atoms with Gasteiger partial charge in [0.1, 0.15) is 0 Å². The summed E-state index contributed by atoms with van der Waals surface area (Å²) in [6, 6.07) is 7.21. The SMILES string of the molecule is CN(C)CCCC(C)(C)NC(=O)c1cccc(Nc2nn[nH]n2)c1. The molecule has 130 valence electrons. The standard InChI is InChI=1S/C16H25N7O/c1-16(2,9-6-10-23(3)4)18-14(24)12-7-5-8-13(11-12)17-15-19-21-22-20-15/h5,7-8,11H,6,9-10H2,1-4H3,(H,18,24)(H2,17,19,20,21,22). The van der Waals surface area contributed by atoms with E-state index in [2.05, 4.69) is 36.2 Å². The average molecular weight is 331 g/mol. The minimum atomic E-state index is -0.260. The van der Waals surface area contributed by atoms with Crippen LogP contribution in [0.1, 0.15) is 37.0 Å². The van der Waals surface area contributed by atoms with E-state index in [1.54, 1.807) is 12.1 Å². The molecule has 0 aliphatic rings. The smallest absolute Gasteiger partial charge is 0.267 e. The van der Waals surface area contributed by atoms with Gasteiger partial charge < -0.3 is 15.5 Å². The van der Waals surface area contributed by atoms with Gasteiger partial charge in [0.05, 0.1) is 0 Å². The summed E-state index contributed by atoms with van der Waals surface area (Å²) in [5.74, 6) is 0.262. The van der Waals surface area contributed by atoms with Gasteiger partial charge >= 0.3 is 0 Å². The summed E-state index contributed by atoms with van der Waals surface area (Å²) in [6.45, 7) is 5.09. The maximum Gasteiger partial charge on any atom is 0.267 e. The molecular weight excluding hydrogens is 306 g/mol. The van der Waals surface area contributed by atoms with Crippen molar-refractivity contribution in [3.05, 3.63) is 29.8 Å². The predicted molar refractivity (Wildman–Crippen MR) is 93.2 cm³/mol. The molecule has 0 saturated heterocycles. The third-order valence-electron chi connectivity index (χ3n) is 3.59. The van der Waals surface area contributed by atoms with Crippen molar-refractivity contribution in [3.63, 3.8) is 0 Å². The lowest BCUT2D eigenvalue weighted by Crippen LogP contribution is -2.43. The van der Waals surface area contributed by atoms with Crippen LogP contribution >= 0.6 is 0 Å². The molecule has 0 unspecified atom stereocenters. The summed E-state index contributed by atoms with van der Waals surface area (Å²) < 4.78 is 0.